The number of hydrogen-bond donors (Lipinski definition) is 1. The highest BCUT2D eigenvalue weighted by molar-refractivity contribution is 7.23. The van der Waals surface area contributed by atoms with Crippen LogP contribution in [-0.2, 0) is 9.47 Å². The Labute approximate surface area is 293 Å². The van der Waals surface area contributed by atoms with Gasteiger partial charge in [0.15, 0.2) is 11.6 Å². The Kier molecular flexibility index (Phi) is 7.93. The number of thiophene rings is 1. The number of halogens is 4. The number of fused-ring (bicyclic) bond motifs is 6. The molecule has 6 heterocycles. The standard InChI is InChI=1S/C35H33F4N7O4S/c1-14-10-19-18-9-8-15(46(18)33(48)50-35(5,6)7)13-45(19)29-22-20(14)24(37)23(25(38)27(22)42-31(39)43-29)26-21-16(11-40)30(44-32(47)49-34(2,3)4)51-28(21)17(36)12-41-26/h12,15,18-19H,1,8-10,13H2,2-7H3,(H,44,47)/t15-,18+,19-/m1/s1. The van der Waals surface area contributed by atoms with E-state index in [1.807, 2.05) is 6.07 Å². The van der Waals surface area contributed by atoms with E-state index in [1.165, 1.54) is 0 Å². The molecule has 16 heteroatoms. The third-order valence-corrected chi connectivity index (χ3v) is 10.2. The van der Waals surface area contributed by atoms with Gasteiger partial charge in [-0.3, -0.25) is 15.2 Å². The summed E-state index contributed by atoms with van der Waals surface area (Å²) in [6.07, 6.45) is -0.664. The second-order valence-corrected chi connectivity index (χ2v) is 15.9. The molecule has 3 aliphatic rings. The van der Waals surface area contributed by atoms with Crippen LogP contribution in [0.2, 0.25) is 0 Å². The molecule has 0 radical (unpaired) electrons. The van der Waals surface area contributed by atoms with Crippen LogP contribution in [-0.4, -0.2) is 67.9 Å². The maximum Gasteiger partial charge on any atom is 0.412 e. The van der Waals surface area contributed by atoms with Crippen LogP contribution in [0.25, 0.3) is 37.8 Å². The molecular formula is C35H33F4N7O4S. The first-order valence-electron chi connectivity index (χ1n) is 16.2. The quantitative estimate of drug-likeness (QED) is 0.161. The molecule has 3 atom stereocenters. The zero-order valence-corrected chi connectivity index (χ0v) is 29.4. The Morgan fingerprint density at radius 2 is 1.71 bits per heavy atom. The Morgan fingerprint density at radius 3 is 2.37 bits per heavy atom. The first-order chi connectivity index (χ1) is 23.9. The Balaban J connectivity index is 1.41. The van der Waals surface area contributed by atoms with Crippen molar-refractivity contribution in [2.24, 2.45) is 0 Å². The number of anilines is 2. The summed E-state index contributed by atoms with van der Waals surface area (Å²) in [5, 5.41) is 12.1. The average Bonchev–Trinajstić information content (AvgIpc) is 3.51. The number of pyridine rings is 1. The summed E-state index contributed by atoms with van der Waals surface area (Å²) in [7, 11) is 0. The van der Waals surface area contributed by atoms with Gasteiger partial charge in [-0.2, -0.15) is 19.6 Å². The van der Waals surface area contributed by atoms with E-state index in [9.17, 15) is 14.9 Å². The van der Waals surface area contributed by atoms with Gasteiger partial charge in [-0.05, 0) is 66.4 Å². The molecule has 0 unspecified atom stereocenters. The van der Waals surface area contributed by atoms with Gasteiger partial charge in [-0.1, -0.05) is 6.58 Å². The summed E-state index contributed by atoms with van der Waals surface area (Å²) in [6, 6.07) is 0.587. The zero-order valence-electron chi connectivity index (χ0n) is 28.6. The van der Waals surface area contributed by atoms with E-state index in [-0.39, 0.29) is 62.0 Å². The molecule has 2 saturated heterocycles. The monoisotopic (exact) mass is 723 g/mol. The number of aromatic nitrogens is 3. The van der Waals surface area contributed by atoms with Crippen LogP contribution >= 0.6 is 11.3 Å². The first kappa shape index (κ1) is 34.4. The Bertz CT molecular complexity index is 2240. The lowest BCUT2D eigenvalue weighted by molar-refractivity contribution is 0.00774. The SMILES string of the molecule is C=C1C[C@@H]2[C@@H]3CC[C@H](CN2c2nc(F)nc4c(F)c(-c5ncc(F)c6sc(NC(=O)OC(C)(C)C)c(C#N)c56)c(F)c1c24)N3C(=O)OC(C)(C)C. The van der Waals surface area contributed by atoms with Crippen molar-refractivity contribution in [3.63, 3.8) is 0 Å². The molecule has 2 bridgehead atoms. The van der Waals surface area contributed by atoms with Crippen molar-refractivity contribution in [1.29, 1.82) is 5.26 Å². The Hall–Kier alpha value is -5.04. The molecule has 0 saturated carbocycles. The number of nitrogens with one attached hydrogen (secondary N) is 1. The maximum atomic E-state index is 17.2. The number of nitriles is 1. The fraction of sp³-hybridized carbons (Fsp3) is 0.429. The van der Waals surface area contributed by atoms with E-state index < -0.39 is 75.8 Å². The summed E-state index contributed by atoms with van der Waals surface area (Å²) in [6.45, 7) is 14.5. The van der Waals surface area contributed by atoms with Gasteiger partial charge < -0.3 is 14.4 Å². The highest BCUT2D eigenvalue weighted by Gasteiger charge is 2.52. The summed E-state index contributed by atoms with van der Waals surface area (Å²) in [5.41, 5.74) is -3.76. The van der Waals surface area contributed by atoms with Crippen LogP contribution in [0.4, 0.5) is 38.0 Å². The third kappa shape index (κ3) is 5.67. The molecule has 3 aromatic heterocycles. The second kappa shape index (κ2) is 11.8. The Morgan fingerprint density at radius 1 is 1.00 bits per heavy atom. The highest BCUT2D eigenvalue weighted by Crippen LogP contribution is 2.50. The molecule has 1 N–H and O–H groups in total. The van der Waals surface area contributed by atoms with Crippen molar-refractivity contribution in [2.45, 2.75) is 90.1 Å². The van der Waals surface area contributed by atoms with Gasteiger partial charge in [0.05, 0.1) is 51.2 Å². The van der Waals surface area contributed by atoms with Crippen LogP contribution in [0.1, 0.15) is 71.9 Å². The third-order valence-electron chi connectivity index (χ3n) is 9.09. The number of nitrogens with zero attached hydrogens (tertiary/aromatic N) is 6. The van der Waals surface area contributed by atoms with Crippen molar-refractivity contribution in [3.05, 3.63) is 47.4 Å². The lowest BCUT2D eigenvalue weighted by Crippen LogP contribution is -2.62. The van der Waals surface area contributed by atoms with Gasteiger partial charge in [0.25, 0.3) is 0 Å². The van der Waals surface area contributed by atoms with E-state index in [2.05, 4.69) is 26.8 Å². The van der Waals surface area contributed by atoms with Crippen LogP contribution in [0.15, 0.2) is 12.8 Å². The van der Waals surface area contributed by atoms with Gasteiger partial charge in [-0.15, -0.1) is 11.3 Å². The van der Waals surface area contributed by atoms with Gasteiger partial charge in [0.1, 0.15) is 39.4 Å². The molecule has 7 rings (SSSR count). The van der Waals surface area contributed by atoms with E-state index >= 15 is 17.6 Å². The summed E-state index contributed by atoms with van der Waals surface area (Å²) in [4.78, 5) is 41.3. The number of piperazine rings is 1. The minimum atomic E-state index is -1.31. The molecular weight excluding hydrogens is 690 g/mol. The number of carbonyl (C=O) groups excluding carboxylic acids is 2. The molecule has 2 amide bonds. The average molecular weight is 724 g/mol. The molecule has 266 valence electrons. The van der Waals surface area contributed by atoms with Crippen molar-refractivity contribution >= 4 is 60.9 Å². The van der Waals surface area contributed by atoms with Crippen molar-refractivity contribution < 1.29 is 36.6 Å². The molecule has 51 heavy (non-hydrogen) atoms. The largest absolute Gasteiger partial charge is 0.444 e. The van der Waals surface area contributed by atoms with Crippen LogP contribution in [0.3, 0.4) is 0 Å². The second-order valence-electron chi connectivity index (χ2n) is 14.8. The fourth-order valence-electron chi connectivity index (χ4n) is 7.34. The van der Waals surface area contributed by atoms with E-state index in [0.29, 0.717) is 24.2 Å². The van der Waals surface area contributed by atoms with E-state index in [1.54, 1.807) is 51.3 Å². The number of hydrogen-bond acceptors (Lipinski definition) is 10. The van der Waals surface area contributed by atoms with Crippen molar-refractivity contribution in [3.8, 4) is 17.3 Å². The minimum absolute atomic E-state index is 0.0458. The van der Waals surface area contributed by atoms with Crippen LogP contribution < -0.4 is 10.2 Å². The summed E-state index contributed by atoms with van der Waals surface area (Å²) < 4.78 is 75.4. The van der Waals surface area contributed by atoms with Crippen molar-refractivity contribution in [1.82, 2.24) is 19.9 Å². The molecule has 2 fully saturated rings. The highest BCUT2D eigenvalue weighted by atomic mass is 32.1. The van der Waals surface area contributed by atoms with Gasteiger partial charge in [0, 0.05) is 17.5 Å². The minimum Gasteiger partial charge on any atom is -0.444 e. The predicted octanol–water partition coefficient (Wildman–Crippen LogP) is 8.06. The lowest BCUT2D eigenvalue weighted by Gasteiger charge is -2.47. The summed E-state index contributed by atoms with van der Waals surface area (Å²) >= 11 is 0.663. The maximum absolute atomic E-state index is 17.2. The summed E-state index contributed by atoms with van der Waals surface area (Å²) in [5.74, 6) is -3.41. The predicted molar refractivity (Wildman–Crippen MR) is 182 cm³/mol. The van der Waals surface area contributed by atoms with E-state index in [4.69, 9.17) is 9.47 Å². The first-order valence-corrected chi connectivity index (χ1v) is 17.1. The lowest BCUT2D eigenvalue weighted by atomic mass is 9.91. The number of carbonyl (C=O) groups is 2. The van der Waals surface area contributed by atoms with Crippen molar-refractivity contribution in [2.75, 3.05) is 16.8 Å². The number of benzene rings is 1. The van der Waals surface area contributed by atoms with Crippen LogP contribution in [0, 0.1) is 34.9 Å². The number of ether oxygens (including phenoxy) is 2. The van der Waals surface area contributed by atoms with Gasteiger partial charge >= 0.3 is 18.3 Å². The van der Waals surface area contributed by atoms with Gasteiger partial charge in [-0.25, -0.2) is 22.8 Å². The normalized spacial score (nSPS) is 19.9. The van der Waals surface area contributed by atoms with Gasteiger partial charge in [0.2, 0.25) is 0 Å². The van der Waals surface area contributed by atoms with E-state index in [0.717, 1.165) is 6.20 Å². The molecule has 0 aliphatic carbocycles. The topological polar surface area (TPSA) is 134 Å². The molecule has 1 aromatic carbocycles. The smallest absolute Gasteiger partial charge is 0.412 e. The molecule has 11 nitrogen and oxygen atoms in total. The molecule has 4 aromatic rings. The fourth-order valence-corrected chi connectivity index (χ4v) is 8.38. The zero-order chi connectivity index (χ0) is 36.9. The number of rotatable bonds is 2. The van der Waals surface area contributed by atoms with Crippen LogP contribution in [0.5, 0.6) is 0 Å². The molecule has 3 aliphatic heterocycles. The molecule has 0 spiro atoms. The number of amides is 2.